The molecule has 0 unspecified atom stereocenters. The molecule has 0 heterocycles. The van der Waals surface area contributed by atoms with Crippen LogP contribution in [0.4, 0.5) is 4.79 Å². The topological polar surface area (TPSA) is 59.0 Å². The minimum absolute atomic E-state index is 0.129. The van der Waals surface area contributed by atoms with E-state index in [1.165, 1.54) is 0 Å². The summed E-state index contributed by atoms with van der Waals surface area (Å²) >= 11 is 0. The number of ether oxygens (including phenoxy) is 2. The second kappa shape index (κ2) is 10.1. The van der Waals surface area contributed by atoms with Gasteiger partial charge in [-0.25, -0.2) is 4.79 Å². The number of nitrogens with zero attached hydrogens (tertiary/aromatic N) is 1. The van der Waals surface area contributed by atoms with Crippen LogP contribution >= 0.6 is 0 Å². The number of amides is 1. The maximum atomic E-state index is 12.2. The van der Waals surface area contributed by atoms with Crippen LogP contribution in [0.25, 0.3) is 0 Å². The van der Waals surface area contributed by atoms with Gasteiger partial charge in [0.25, 0.3) is 0 Å². The van der Waals surface area contributed by atoms with Crippen LogP contribution in [0, 0.1) is 0 Å². The van der Waals surface area contributed by atoms with E-state index in [0.717, 1.165) is 16.9 Å². The Balaban J connectivity index is 2.05. The highest BCUT2D eigenvalue weighted by molar-refractivity contribution is 5.67. The van der Waals surface area contributed by atoms with Gasteiger partial charge in [-0.2, -0.15) is 0 Å². The molecule has 0 radical (unpaired) electrons. The minimum Gasteiger partial charge on any atom is -0.486 e. The first kappa shape index (κ1) is 21.8. The van der Waals surface area contributed by atoms with Crippen LogP contribution in [-0.4, -0.2) is 41.9 Å². The standard InChI is InChI=1S/C23H31NO4/c1-23(2,3)28-22(26)24(4)16-14-21(19-8-6-5-7-9-19)27-20-12-10-18(11-13-20)15-17-25/h5-13,21,25H,14-17H2,1-4H3/t21-/m0/s1. The highest BCUT2D eigenvalue weighted by Crippen LogP contribution is 2.25. The zero-order valence-electron chi connectivity index (χ0n) is 17.2. The summed E-state index contributed by atoms with van der Waals surface area (Å²) in [5.74, 6) is 0.760. The Morgan fingerprint density at radius 2 is 1.71 bits per heavy atom. The molecule has 0 saturated heterocycles. The molecule has 1 atom stereocenters. The van der Waals surface area contributed by atoms with Crippen LogP contribution in [0.1, 0.15) is 44.4 Å². The molecule has 0 spiro atoms. The van der Waals surface area contributed by atoms with Gasteiger partial charge in [-0.15, -0.1) is 0 Å². The molecule has 5 heteroatoms. The third-order valence-corrected chi connectivity index (χ3v) is 4.21. The lowest BCUT2D eigenvalue weighted by Gasteiger charge is -2.26. The predicted octanol–water partition coefficient (Wildman–Crippen LogP) is 4.60. The normalized spacial score (nSPS) is 12.3. The summed E-state index contributed by atoms with van der Waals surface area (Å²) in [4.78, 5) is 13.8. The first-order valence-electron chi connectivity index (χ1n) is 9.64. The van der Waals surface area contributed by atoms with Gasteiger partial charge in [-0.05, 0) is 50.5 Å². The van der Waals surface area contributed by atoms with Crippen molar-refractivity contribution >= 4 is 6.09 Å². The van der Waals surface area contributed by atoms with E-state index in [1.54, 1.807) is 11.9 Å². The second-order valence-electron chi connectivity index (χ2n) is 7.83. The van der Waals surface area contributed by atoms with E-state index in [0.29, 0.717) is 19.4 Å². The Bertz CT molecular complexity index is 723. The number of hydrogen-bond donors (Lipinski definition) is 1. The Hall–Kier alpha value is -2.53. The average Bonchev–Trinajstić information content (AvgIpc) is 2.65. The highest BCUT2D eigenvalue weighted by Gasteiger charge is 2.21. The summed E-state index contributed by atoms with van der Waals surface area (Å²) in [5, 5.41) is 9.05. The molecule has 0 bridgehead atoms. The van der Waals surface area contributed by atoms with E-state index in [2.05, 4.69) is 0 Å². The Morgan fingerprint density at radius 3 is 2.29 bits per heavy atom. The average molecular weight is 386 g/mol. The lowest BCUT2D eigenvalue weighted by atomic mass is 10.1. The number of aliphatic hydroxyl groups is 1. The van der Waals surface area contributed by atoms with Gasteiger partial charge < -0.3 is 19.5 Å². The van der Waals surface area contributed by atoms with Gasteiger partial charge in [0, 0.05) is 26.6 Å². The van der Waals surface area contributed by atoms with Gasteiger partial charge in [-0.1, -0.05) is 42.5 Å². The van der Waals surface area contributed by atoms with Crippen molar-refractivity contribution in [1.29, 1.82) is 0 Å². The summed E-state index contributed by atoms with van der Waals surface area (Å²) in [6.07, 6.45) is 0.740. The lowest BCUT2D eigenvalue weighted by molar-refractivity contribution is 0.0278. The van der Waals surface area contributed by atoms with Gasteiger partial charge in [0.1, 0.15) is 17.5 Å². The molecule has 1 N–H and O–H groups in total. The molecule has 0 saturated carbocycles. The van der Waals surface area contributed by atoms with E-state index in [1.807, 2.05) is 75.4 Å². The van der Waals surface area contributed by atoms with Crippen molar-refractivity contribution in [2.24, 2.45) is 0 Å². The van der Waals surface area contributed by atoms with E-state index in [9.17, 15) is 4.79 Å². The summed E-state index contributed by atoms with van der Waals surface area (Å²) in [6.45, 7) is 6.21. The zero-order chi connectivity index (χ0) is 20.6. The van der Waals surface area contributed by atoms with Crippen molar-refractivity contribution in [1.82, 2.24) is 4.90 Å². The van der Waals surface area contributed by atoms with Crippen molar-refractivity contribution in [3.63, 3.8) is 0 Å². The van der Waals surface area contributed by atoms with Crippen LogP contribution < -0.4 is 4.74 Å². The SMILES string of the molecule is CN(CC[C@H](Oc1ccc(CCO)cc1)c1ccccc1)C(=O)OC(C)(C)C. The van der Waals surface area contributed by atoms with Crippen LogP contribution in [0.2, 0.25) is 0 Å². The second-order valence-corrected chi connectivity index (χ2v) is 7.83. The van der Waals surface area contributed by atoms with E-state index in [4.69, 9.17) is 14.6 Å². The molecule has 0 aliphatic rings. The fourth-order valence-corrected chi connectivity index (χ4v) is 2.73. The van der Waals surface area contributed by atoms with Gasteiger partial charge in [0.15, 0.2) is 0 Å². The van der Waals surface area contributed by atoms with E-state index >= 15 is 0 Å². The smallest absolute Gasteiger partial charge is 0.410 e. The minimum atomic E-state index is -0.517. The van der Waals surface area contributed by atoms with Gasteiger partial charge in [0.2, 0.25) is 0 Å². The van der Waals surface area contributed by atoms with Crippen LogP contribution in [0.15, 0.2) is 54.6 Å². The molecule has 2 rings (SSSR count). The molecule has 0 fully saturated rings. The van der Waals surface area contributed by atoms with Crippen molar-refractivity contribution in [2.75, 3.05) is 20.2 Å². The summed E-state index contributed by atoms with van der Waals surface area (Å²) in [6, 6.07) is 17.7. The molecule has 152 valence electrons. The summed E-state index contributed by atoms with van der Waals surface area (Å²) in [5.41, 5.74) is 1.60. The molecular weight excluding hydrogens is 354 g/mol. The van der Waals surface area contributed by atoms with Crippen LogP contribution in [0.3, 0.4) is 0 Å². The molecule has 2 aromatic rings. The fraction of sp³-hybridized carbons (Fsp3) is 0.435. The number of aliphatic hydroxyl groups excluding tert-OH is 1. The zero-order valence-corrected chi connectivity index (χ0v) is 17.2. The van der Waals surface area contributed by atoms with Crippen LogP contribution in [-0.2, 0) is 11.2 Å². The number of hydrogen-bond acceptors (Lipinski definition) is 4. The van der Waals surface area contributed by atoms with Crippen molar-refractivity contribution in [3.05, 3.63) is 65.7 Å². The van der Waals surface area contributed by atoms with Crippen molar-refractivity contribution in [3.8, 4) is 5.75 Å². The Morgan fingerprint density at radius 1 is 1.07 bits per heavy atom. The van der Waals surface area contributed by atoms with Crippen LogP contribution in [0.5, 0.6) is 5.75 Å². The van der Waals surface area contributed by atoms with Crippen molar-refractivity contribution < 1.29 is 19.4 Å². The number of benzene rings is 2. The molecule has 5 nitrogen and oxygen atoms in total. The summed E-state index contributed by atoms with van der Waals surface area (Å²) in [7, 11) is 1.74. The molecule has 0 aliphatic heterocycles. The van der Waals surface area contributed by atoms with Crippen molar-refractivity contribution in [2.45, 2.75) is 45.3 Å². The number of carbonyl (C=O) groups is 1. The maximum absolute atomic E-state index is 12.2. The molecule has 1 amide bonds. The maximum Gasteiger partial charge on any atom is 0.410 e. The summed E-state index contributed by atoms with van der Waals surface area (Å²) < 4.78 is 11.6. The highest BCUT2D eigenvalue weighted by atomic mass is 16.6. The largest absolute Gasteiger partial charge is 0.486 e. The third kappa shape index (κ3) is 7.24. The fourth-order valence-electron chi connectivity index (χ4n) is 2.73. The molecule has 28 heavy (non-hydrogen) atoms. The Labute approximate surface area is 167 Å². The molecule has 0 aliphatic carbocycles. The van der Waals surface area contributed by atoms with Gasteiger partial charge in [0.05, 0.1) is 0 Å². The number of carbonyl (C=O) groups excluding carboxylic acids is 1. The molecule has 2 aromatic carbocycles. The van der Waals surface area contributed by atoms with E-state index < -0.39 is 5.60 Å². The van der Waals surface area contributed by atoms with E-state index in [-0.39, 0.29) is 18.8 Å². The quantitative estimate of drug-likeness (QED) is 0.721. The lowest BCUT2D eigenvalue weighted by Crippen LogP contribution is -2.35. The van der Waals surface area contributed by atoms with Gasteiger partial charge in [-0.3, -0.25) is 0 Å². The Kier molecular flexibility index (Phi) is 7.88. The third-order valence-electron chi connectivity index (χ3n) is 4.21. The first-order chi connectivity index (χ1) is 13.3. The molecular formula is C23H31NO4. The predicted molar refractivity (Wildman–Crippen MR) is 111 cm³/mol. The monoisotopic (exact) mass is 385 g/mol. The molecule has 0 aromatic heterocycles. The van der Waals surface area contributed by atoms with Gasteiger partial charge >= 0.3 is 6.09 Å². The first-order valence-corrected chi connectivity index (χ1v) is 9.64. The number of rotatable bonds is 8.